The van der Waals surface area contributed by atoms with E-state index < -0.39 is 0 Å². The number of pyridine rings is 1. The fourth-order valence-electron chi connectivity index (χ4n) is 2.28. The molecule has 6 nitrogen and oxygen atoms in total. The molecule has 0 unspecified atom stereocenters. The van der Waals surface area contributed by atoms with E-state index in [2.05, 4.69) is 20.8 Å². The van der Waals surface area contributed by atoms with Crippen molar-refractivity contribution in [1.29, 1.82) is 0 Å². The van der Waals surface area contributed by atoms with Crippen LogP contribution in [0.3, 0.4) is 0 Å². The Balaban J connectivity index is 1.57. The monoisotopic (exact) mass is 358 g/mol. The summed E-state index contributed by atoms with van der Waals surface area (Å²) in [6, 6.07) is 19.6. The van der Waals surface area contributed by atoms with Crippen molar-refractivity contribution in [2.45, 2.75) is 6.92 Å². The number of nitrogens with one attached hydrogen (secondary N) is 2. The maximum Gasteiger partial charge on any atom is 0.289 e. The minimum Gasteiger partial charge on any atom is -0.322 e. The Labute approximate surface area is 157 Å². The number of carbonyl (C=O) groups excluding carboxylic acids is 2. The summed E-state index contributed by atoms with van der Waals surface area (Å²) in [5.41, 5.74) is 5.86. The summed E-state index contributed by atoms with van der Waals surface area (Å²) >= 11 is 0. The second-order valence-corrected chi connectivity index (χ2v) is 5.86. The summed E-state index contributed by atoms with van der Waals surface area (Å²) in [5, 5.41) is 6.75. The minimum atomic E-state index is -0.388. The molecule has 3 rings (SSSR count). The number of anilines is 1. The van der Waals surface area contributed by atoms with Gasteiger partial charge in [-0.25, -0.2) is 5.43 Å². The maximum atomic E-state index is 12.3. The third kappa shape index (κ3) is 5.09. The van der Waals surface area contributed by atoms with Crippen molar-refractivity contribution >= 4 is 23.7 Å². The standard InChI is InChI=1S/C21H18N4O2/c1-15-5-11-18(12-6-15)24-20(26)17-9-7-16(8-10-17)14-23-25-21(27)19-4-2-3-13-22-19/h2-14H,1H3,(H,24,26)(H,25,27)/b23-14+. The molecule has 2 amide bonds. The second-order valence-electron chi connectivity index (χ2n) is 5.86. The van der Waals surface area contributed by atoms with Crippen LogP contribution in [0.5, 0.6) is 0 Å². The number of aromatic nitrogens is 1. The van der Waals surface area contributed by atoms with Gasteiger partial charge in [-0.3, -0.25) is 14.6 Å². The summed E-state index contributed by atoms with van der Waals surface area (Å²) in [7, 11) is 0. The van der Waals surface area contributed by atoms with Crippen molar-refractivity contribution in [2.24, 2.45) is 5.10 Å². The Morgan fingerprint density at radius 2 is 1.67 bits per heavy atom. The van der Waals surface area contributed by atoms with E-state index >= 15 is 0 Å². The van der Waals surface area contributed by atoms with Crippen LogP contribution in [0.2, 0.25) is 0 Å². The summed E-state index contributed by atoms with van der Waals surface area (Å²) in [6.45, 7) is 1.99. The molecule has 6 heteroatoms. The molecule has 0 radical (unpaired) electrons. The number of nitrogens with zero attached hydrogens (tertiary/aromatic N) is 2. The lowest BCUT2D eigenvalue weighted by Gasteiger charge is -2.06. The van der Waals surface area contributed by atoms with Crippen LogP contribution in [0.25, 0.3) is 0 Å². The Kier molecular flexibility index (Phi) is 5.69. The summed E-state index contributed by atoms with van der Waals surface area (Å²) in [6.07, 6.45) is 3.04. The van der Waals surface area contributed by atoms with Crippen LogP contribution in [0, 0.1) is 6.92 Å². The van der Waals surface area contributed by atoms with E-state index in [9.17, 15) is 9.59 Å². The summed E-state index contributed by atoms with van der Waals surface area (Å²) < 4.78 is 0. The van der Waals surface area contributed by atoms with Gasteiger partial charge in [-0.15, -0.1) is 0 Å². The number of hydrogen-bond acceptors (Lipinski definition) is 4. The van der Waals surface area contributed by atoms with E-state index in [1.807, 2.05) is 31.2 Å². The highest BCUT2D eigenvalue weighted by Gasteiger charge is 2.06. The van der Waals surface area contributed by atoms with Gasteiger partial charge in [-0.05, 0) is 48.9 Å². The Morgan fingerprint density at radius 1 is 0.926 bits per heavy atom. The lowest BCUT2D eigenvalue weighted by molar-refractivity contribution is 0.0949. The first-order valence-electron chi connectivity index (χ1n) is 8.34. The van der Waals surface area contributed by atoms with Crippen LogP contribution in [-0.4, -0.2) is 23.0 Å². The summed E-state index contributed by atoms with van der Waals surface area (Å²) in [5.74, 6) is -0.577. The van der Waals surface area contributed by atoms with E-state index in [1.165, 1.54) is 6.21 Å². The first-order valence-corrected chi connectivity index (χ1v) is 8.34. The van der Waals surface area contributed by atoms with Crippen molar-refractivity contribution in [3.63, 3.8) is 0 Å². The van der Waals surface area contributed by atoms with Crippen molar-refractivity contribution in [3.8, 4) is 0 Å². The number of rotatable bonds is 5. The van der Waals surface area contributed by atoms with Gasteiger partial charge in [-0.2, -0.15) is 5.10 Å². The van der Waals surface area contributed by atoms with E-state index in [1.54, 1.807) is 48.7 Å². The van der Waals surface area contributed by atoms with Gasteiger partial charge in [-0.1, -0.05) is 35.9 Å². The van der Waals surface area contributed by atoms with Gasteiger partial charge >= 0.3 is 0 Å². The average Bonchev–Trinajstić information content (AvgIpc) is 2.71. The molecule has 0 fully saturated rings. The van der Waals surface area contributed by atoms with E-state index in [0.717, 1.165) is 16.8 Å². The number of benzene rings is 2. The van der Waals surface area contributed by atoms with Crippen LogP contribution in [0.15, 0.2) is 78.0 Å². The average molecular weight is 358 g/mol. The second kappa shape index (κ2) is 8.53. The van der Waals surface area contributed by atoms with Gasteiger partial charge < -0.3 is 5.32 Å². The van der Waals surface area contributed by atoms with Crippen molar-refractivity contribution in [1.82, 2.24) is 10.4 Å². The van der Waals surface area contributed by atoms with Gasteiger partial charge in [0.25, 0.3) is 11.8 Å². The predicted molar refractivity (Wildman–Crippen MR) is 105 cm³/mol. The molecule has 27 heavy (non-hydrogen) atoms. The molecule has 0 saturated carbocycles. The zero-order chi connectivity index (χ0) is 19.1. The zero-order valence-corrected chi connectivity index (χ0v) is 14.7. The highest BCUT2D eigenvalue weighted by molar-refractivity contribution is 6.04. The predicted octanol–water partition coefficient (Wildman–Crippen LogP) is 3.41. The fourth-order valence-corrected chi connectivity index (χ4v) is 2.28. The molecule has 0 bridgehead atoms. The normalized spacial score (nSPS) is 10.6. The fraction of sp³-hybridized carbons (Fsp3) is 0.0476. The molecule has 2 aromatic carbocycles. The third-order valence-electron chi connectivity index (χ3n) is 3.76. The van der Waals surface area contributed by atoms with Crippen molar-refractivity contribution < 1.29 is 9.59 Å². The molecular formula is C21H18N4O2. The van der Waals surface area contributed by atoms with Crippen LogP contribution in [0.4, 0.5) is 5.69 Å². The van der Waals surface area contributed by atoms with Crippen LogP contribution < -0.4 is 10.7 Å². The van der Waals surface area contributed by atoms with E-state index in [4.69, 9.17) is 0 Å². The van der Waals surface area contributed by atoms with Crippen LogP contribution in [-0.2, 0) is 0 Å². The van der Waals surface area contributed by atoms with Crippen LogP contribution >= 0.6 is 0 Å². The van der Waals surface area contributed by atoms with Gasteiger partial charge in [0.05, 0.1) is 6.21 Å². The number of hydrogen-bond donors (Lipinski definition) is 2. The van der Waals surface area contributed by atoms with Gasteiger partial charge in [0, 0.05) is 17.4 Å². The summed E-state index contributed by atoms with van der Waals surface area (Å²) in [4.78, 5) is 28.0. The highest BCUT2D eigenvalue weighted by Crippen LogP contribution is 2.11. The number of carbonyl (C=O) groups is 2. The smallest absolute Gasteiger partial charge is 0.289 e. The molecule has 0 atom stereocenters. The Bertz CT molecular complexity index is 950. The van der Waals surface area contributed by atoms with Crippen molar-refractivity contribution in [2.75, 3.05) is 5.32 Å². The van der Waals surface area contributed by atoms with Crippen molar-refractivity contribution in [3.05, 3.63) is 95.3 Å². The Hall–Kier alpha value is -3.80. The molecule has 1 aromatic heterocycles. The lowest BCUT2D eigenvalue weighted by Crippen LogP contribution is -2.18. The third-order valence-corrected chi connectivity index (χ3v) is 3.76. The molecule has 0 spiro atoms. The number of amides is 2. The van der Waals surface area contributed by atoms with E-state index in [-0.39, 0.29) is 17.5 Å². The topological polar surface area (TPSA) is 83.5 Å². The number of aryl methyl sites for hydroxylation is 1. The van der Waals surface area contributed by atoms with Gasteiger partial charge in [0.15, 0.2) is 0 Å². The van der Waals surface area contributed by atoms with Crippen LogP contribution in [0.1, 0.15) is 32.0 Å². The first-order chi connectivity index (χ1) is 13.1. The minimum absolute atomic E-state index is 0.189. The van der Waals surface area contributed by atoms with Gasteiger partial charge in [0.1, 0.15) is 5.69 Å². The molecule has 0 aliphatic carbocycles. The molecule has 2 N–H and O–H groups in total. The molecule has 1 heterocycles. The van der Waals surface area contributed by atoms with Gasteiger partial charge in [0.2, 0.25) is 0 Å². The maximum absolute atomic E-state index is 12.3. The zero-order valence-electron chi connectivity index (χ0n) is 14.7. The quantitative estimate of drug-likeness (QED) is 0.541. The molecule has 3 aromatic rings. The lowest BCUT2D eigenvalue weighted by atomic mass is 10.1. The molecule has 0 aliphatic rings. The number of hydrazone groups is 1. The largest absolute Gasteiger partial charge is 0.322 e. The SMILES string of the molecule is Cc1ccc(NC(=O)c2ccc(/C=N/NC(=O)c3ccccn3)cc2)cc1. The molecule has 0 saturated heterocycles. The molecular weight excluding hydrogens is 340 g/mol. The molecule has 0 aliphatic heterocycles. The van der Waals surface area contributed by atoms with E-state index in [0.29, 0.717) is 5.56 Å². The highest BCUT2D eigenvalue weighted by atomic mass is 16.2. The Morgan fingerprint density at radius 3 is 2.33 bits per heavy atom. The molecule has 134 valence electrons. The first kappa shape index (κ1) is 18.0.